The Morgan fingerprint density at radius 1 is 1.19 bits per heavy atom. The zero-order valence-electron chi connectivity index (χ0n) is 15.2. The van der Waals surface area contributed by atoms with Crippen molar-refractivity contribution in [2.24, 2.45) is 17.3 Å². The van der Waals surface area contributed by atoms with E-state index in [2.05, 4.69) is 21.2 Å². The maximum absolute atomic E-state index is 12.9. The maximum atomic E-state index is 12.9. The van der Waals surface area contributed by atoms with Gasteiger partial charge in [0.1, 0.15) is 0 Å². The summed E-state index contributed by atoms with van der Waals surface area (Å²) in [5.41, 5.74) is 0.660. The first-order valence-electron chi connectivity index (χ1n) is 9.58. The molecule has 4 saturated carbocycles. The van der Waals surface area contributed by atoms with Crippen molar-refractivity contribution in [3.8, 4) is 0 Å². The Bertz CT molecular complexity index is 690. The van der Waals surface area contributed by atoms with Crippen molar-refractivity contribution < 1.29 is 14.3 Å². The van der Waals surface area contributed by atoms with E-state index in [0.717, 1.165) is 24.8 Å². The van der Waals surface area contributed by atoms with E-state index in [1.807, 2.05) is 37.3 Å². The van der Waals surface area contributed by atoms with Gasteiger partial charge in [0.15, 0.2) is 6.61 Å². The minimum absolute atomic E-state index is 0.104. The third-order valence-electron chi connectivity index (χ3n) is 6.43. The molecule has 4 nitrogen and oxygen atoms in total. The van der Waals surface area contributed by atoms with E-state index in [1.54, 1.807) is 0 Å². The highest BCUT2D eigenvalue weighted by Gasteiger charge is 2.60. The summed E-state index contributed by atoms with van der Waals surface area (Å²) in [6.45, 7) is 1.74. The molecule has 0 aromatic heterocycles. The molecule has 0 radical (unpaired) electrons. The molecular weight excluding hydrogens is 394 g/mol. The molecule has 5 rings (SSSR count). The summed E-state index contributed by atoms with van der Waals surface area (Å²) in [6, 6.07) is 9.68. The number of hydrogen-bond acceptors (Lipinski definition) is 3. The fourth-order valence-electron chi connectivity index (χ4n) is 5.78. The molecular formula is C21H26BrNO3. The van der Waals surface area contributed by atoms with Gasteiger partial charge in [-0.25, -0.2) is 0 Å². The van der Waals surface area contributed by atoms with Crippen molar-refractivity contribution in [3.63, 3.8) is 0 Å². The second-order valence-electron chi connectivity index (χ2n) is 8.67. The van der Waals surface area contributed by atoms with Gasteiger partial charge in [0, 0.05) is 4.32 Å². The number of amides is 1. The molecule has 4 bridgehead atoms. The largest absolute Gasteiger partial charge is 0.455 e. The number of ether oxygens (including phenoxy) is 1. The first-order valence-corrected chi connectivity index (χ1v) is 10.4. The van der Waals surface area contributed by atoms with Gasteiger partial charge in [-0.1, -0.05) is 46.3 Å². The summed E-state index contributed by atoms with van der Waals surface area (Å²) < 4.78 is 5.61. The summed E-state index contributed by atoms with van der Waals surface area (Å²) in [5, 5.41) is 2.91. The van der Waals surface area contributed by atoms with Gasteiger partial charge in [0.25, 0.3) is 5.91 Å². The molecule has 4 fully saturated rings. The molecule has 4 aliphatic carbocycles. The van der Waals surface area contributed by atoms with E-state index in [-0.39, 0.29) is 34.3 Å². The number of benzene rings is 1. The molecule has 3 atom stereocenters. The van der Waals surface area contributed by atoms with Crippen molar-refractivity contribution >= 4 is 27.8 Å². The number of carbonyl (C=O) groups is 2. The van der Waals surface area contributed by atoms with Crippen LogP contribution in [0, 0.1) is 17.3 Å². The Morgan fingerprint density at radius 2 is 1.85 bits per heavy atom. The minimum Gasteiger partial charge on any atom is -0.455 e. The Labute approximate surface area is 163 Å². The van der Waals surface area contributed by atoms with Crippen LogP contribution in [-0.4, -0.2) is 22.8 Å². The van der Waals surface area contributed by atoms with Crippen LogP contribution in [0.4, 0.5) is 0 Å². The highest BCUT2D eigenvalue weighted by molar-refractivity contribution is 9.10. The van der Waals surface area contributed by atoms with Crippen LogP contribution in [0.2, 0.25) is 0 Å². The number of alkyl halides is 1. The predicted octanol–water partition coefficient (Wildman–Crippen LogP) is 4.14. The van der Waals surface area contributed by atoms with Crippen LogP contribution in [0.3, 0.4) is 0 Å². The van der Waals surface area contributed by atoms with Crippen LogP contribution in [0.1, 0.15) is 57.1 Å². The molecule has 26 heavy (non-hydrogen) atoms. The topological polar surface area (TPSA) is 55.4 Å². The SMILES string of the molecule is C[C@@H](NC(=O)COC(=O)C12C[C@H]3C[C@@H](CC(Br)(C3)C1)C2)c1ccccc1. The quantitative estimate of drug-likeness (QED) is 0.576. The van der Waals surface area contributed by atoms with Gasteiger partial charge >= 0.3 is 5.97 Å². The number of carbonyl (C=O) groups excluding carboxylic acids is 2. The maximum Gasteiger partial charge on any atom is 0.312 e. The number of halogens is 1. The van der Waals surface area contributed by atoms with E-state index in [0.29, 0.717) is 11.8 Å². The predicted molar refractivity (Wildman–Crippen MR) is 103 cm³/mol. The van der Waals surface area contributed by atoms with Gasteiger partial charge in [-0.05, 0) is 62.8 Å². The lowest BCUT2D eigenvalue weighted by atomic mass is 9.49. The fourth-order valence-corrected chi connectivity index (χ4v) is 7.23. The first kappa shape index (κ1) is 18.0. The van der Waals surface area contributed by atoms with Crippen LogP contribution in [0.5, 0.6) is 0 Å². The second kappa shape index (κ2) is 6.66. The van der Waals surface area contributed by atoms with Gasteiger partial charge in [0.05, 0.1) is 11.5 Å². The fraction of sp³-hybridized carbons (Fsp3) is 0.619. The van der Waals surface area contributed by atoms with Gasteiger partial charge in [-0.3, -0.25) is 9.59 Å². The molecule has 0 saturated heterocycles. The summed E-state index contributed by atoms with van der Waals surface area (Å²) in [7, 11) is 0. The van der Waals surface area contributed by atoms with E-state index < -0.39 is 0 Å². The van der Waals surface area contributed by atoms with Crippen molar-refractivity contribution in [2.75, 3.05) is 6.61 Å². The lowest BCUT2D eigenvalue weighted by molar-refractivity contribution is -0.171. The summed E-state index contributed by atoms with van der Waals surface area (Å²) in [5.74, 6) is 0.830. The van der Waals surface area contributed by atoms with Crippen molar-refractivity contribution in [2.45, 2.75) is 55.8 Å². The molecule has 0 spiro atoms. The molecule has 1 aromatic carbocycles. The molecule has 1 amide bonds. The van der Waals surface area contributed by atoms with Crippen molar-refractivity contribution in [1.82, 2.24) is 5.32 Å². The zero-order chi connectivity index (χ0) is 18.4. The normalized spacial score (nSPS) is 35.8. The number of nitrogens with one attached hydrogen (secondary N) is 1. The molecule has 0 unspecified atom stereocenters. The number of hydrogen-bond donors (Lipinski definition) is 1. The number of rotatable bonds is 5. The summed E-state index contributed by atoms with van der Waals surface area (Å²) >= 11 is 3.91. The molecule has 4 aliphatic rings. The van der Waals surface area contributed by atoms with Gasteiger partial charge in [-0.15, -0.1) is 0 Å². The first-order chi connectivity index (χ1) is 12.4. The average Bonchev–Trinajstić information content (AvgIpc) is 2.58. The van der Waals surface area contributed by atoms with Crippen molar-refractivity contribution in [1.29, 1.82) is 0 Å². The molecule has 1 aromatic rings. The average molecular weight is 420 g/mol. The van der Waals surface area contributed by atoms with Crippen LogP contribution in [0.15, 0.2) is 30.3 Å². The molecule has 0 heterocycles. The third kappa shape index (κ3) is 3.42. The third-order valence-corrected chi connectivity index (χ3v) is 7.36. The van der Waals surface area contributed by atoms with E-state index in [1.165, 1.54) is 19.3 Å². The lowest BCUT2D eigenvalue weighted by Crippen LogP contribution is -2.56. The van der Waals surface area contributed by atoms with Crippen molar-refractivity contribution in [3.05, 3.63) is 35.9 Å². The summed E-state index contributed by atoms with van der Waals surface area (Å²) in [6.07, 6.45) is 6.31. The zero-order valence-corrected chi connectivity index (χ0v) is 16.8. The Morgan fingerprint density at radius 3 is 2.46 bits per heavy atom. The second-order valence-corrected chi connectivity index (χ2v) is 10.4. The minimum atomic E-state index is -0.376. The Kier molecular flexibility index (Phi) is 4.62. The number of esters is 1. The van der Waals surface area contributed by atoms with Gasteiger partial charge in [0.2, 0.25) is 0 Å². The van der Waals surface area contributed by atoms with E-state index >= 15 is 0 Å². The summed E-state index contributed by atoms with van der Waals surface area (Å²) in [4.78, 5) is 25.1. The van der Waals surface area contributed by atoms with E-state index in [9.17, 15) is 9.59 Å². The molecule has 140 valence electrons. The molecule has 0 aliphatic heterocycles. The lowest BCUT2D eigenvalue weighted by Gasteiger charge is -2.58. The Hall–Kier alpha value is -1.36. The van der Waals surface area contributed by atoms with Crippen LogP contribution in [-0.2, 0) is 14.3 Å². The van der Waals surface area contributed by atoms with Gasteiger partial charge < -0.3 is 10.1 Å². The Balaban J connectivity index is 1.33. The smallest absolute Gasteiger partial charge is 0.312 e. The highest BCUT2D eigenvalue weighted by Crippen LogP contribution is 2.64. The standard InChI is InChI=1S/C21H26BrNO3/c1-14(17-5-3-2-4-6-17)23-18(24)12-26-19(25)20-8-15-7-16(9-20)11-21(22,10-15)13-20/h2-6,14-16H,7-13H2,1H3,(H,23,24)/t14-,15-,16-,20?,21?/m1/s1. The van der Waals surface area contributed by atoms with Gasteiger partial charge in [-0.2, -0.15) is 0 Å². The van der Waals surface area contributed by atoms with Crippen LogP contribution >= 0.6 is 15.9 Å². The molecule has 1 N–H and O–H groups in total. The van der Waals surface area contributed by atoms with E-state index in [4.69, 9.17) is 4.74 Å². The van der Waals surface area contributed by atoms with Crippen LogP contribution in [0.25, 0.3) is 0 Å². The molecule has 5 heteroatoms. The van der Waals surface area contributed by atoms with Crippen LogP contribution < -0.4 is 5.32 Å². The monoisotopic (exact) mass is 419 g/mol. The highest BCUT2D eigenvalue weighted by atomic mass is 79.9.